The Morgan fingerprint density at radius 2 is 1.77 bits per heavy atom. The van der Waals surface area contributed by atoms with E-state index in [2.05, 4.69) is 5.10 Å². The second kappa shape index (κ2) is 6.57. The standard InChI is InChI=1S/C17H15F6N5O2/c1-6-3-4-8(29)7(2)11(6)28-13(24)10(14(25)30)9-12(17(21,22)23)27(26-15(9)28)5-16(18,19)20/h3-4,29H,5,24H2,1-2H3,(H2,25,30). The van der Waals surface area contributed by atoms with Crippen LogP contribution in [0.15, 0.2) is 12.1 Å². The molecule has 162 valence electrons. The SMILES string of the molecule is Cc1ccc(O)c(C)c1-n1c(N)c(C(N)=O)c2c(C(F)(F)F)n(CC(F)(F)F)nc21. The number of hydrogen-bond donors (Lipinski definition) is 3. The largest absolute Gasteiger partial charge is 0.508 e. The van der Waals surface area contributed by atoms with Crippen LogP contribution in [0, 0.1) is 13.8 Å². The van der Waals surface area contributed by atoms with E-state index < -0.39 is 52.9 Å². The Balaban J connectivity index is 2.55. The number of benzene rings is 1. The van der Waals surface area contributed by atoms with Gasteiger partial charge in [-0.25, -0.2) is 4.68 Å². The number of carbonyl (C=O) groups excluding carboxylic acids is 1. The third kappa shape index (κ3) is 3.29. The van der Waals surface area contributed by atoms with Crippen molar-refractivity contribution in [2.75, 3.05) is 5.73 Å². The highest BCUT2D eigenvalue weighted by molar-refractivity contribution is 6.12. The number of aromatic hydroxyl groups is 1. The van der Waals surface area contributed by atoms with Crippen molar-refractivity contribution < 1.29 is 36.2 Å². The molecule has 0 aliphatic carbocycles. The fraction of sp³-hybridized carbons (Fsp3) is 0.294. The molecule has 0 spiro atoms. The summed E-state index contributed by atoms with van der Waals surface area (Å²) in [7, 11) is 0. The molecule has 30 heavy (non-hydrogen) atoms. The zero-order chi connectivity index (χ0) is 22.8. The predicted molar refractivity (Wildman–Crippen MR) is 94.2 cm³/mol. The minimum absolute atomic E-state index is 0.0652. The number of phenolic OH excluding ortho intramolecular Hbond substituents is 1. The molecule has 13 heteroatoms. The van der Waals surface area contributed by atoms with Crippen molar-refractivity contribution in [3.8, 4) is 11.4 Å². The van der Waals surface area contributed by atoms with Gasteiger partial charge in [-0.05, 0) is 25.5 Å². The van der Waals surface area contributed by atoms with Crippen LogP contribution in [0.2, 0.25) is 0 Å². The molecule has 5 N–H and O–H groups in total. The number of nitrogen functional groups attached to an aromatic ring is 1. The Morgan fingerprint density at radius 1 is 1.17 bits per heavy atom. The summed E-state index contributed by atoms with van der Waals surface area (Å²) >= 11 is 0. The first-order chi connectivity index (χ1) is 13.6. The summed E-state index contributed by atoms with van der Waals surface area (Å²) in [5.74, 6) is -2.16. The van der Waals surface area contributed by atoms with Crippen LogP contribution in [0.4, 0.5) is 32.2 Å². The number of nitrogens with zero attached hydrogens (tertiary/aromatic N) is 3. The first kappa shape index (κ1) is 21.3. The summed E-state index contributed by atoms with van der Waals surface area (Å²) in [6.45, 7) is 0.908. The van der Waals surface area contributed by atoms with Crippen LogP contribution in [0.5, 0.6) is 5.75 Å². The maximum Gasteiger partial charge on any atom is 0.433 e. The smallest absolute Gasteiger partial charge is 0.433 e. The molecule has 0 atom stereocenters. The molecule has 0 aliphatic rings. The number of anilines is 1. The zero-order valence-electron chi connectivity index (χ0n) is 15.5. The highest BCUT2D eigenvalue weighted by Crippen LogP contribution is 2.43. The molecule has 0 unspecified atom stereocenters. The van der Waals surface area contributed by atoms with E-state index in [0.29, 0.717) is 5.56 Å². The van der Waals surface area contributed by atoms with Gasteiger partial charge in [-0.2, -0.15) is 31.4 Å². The number of fused-ring (bicyclic) bond motifs is 1. The van der Waals surface area contributed by atoms with Gasteiger partial charge in [0.05, 0.1) is 16.6 Å². The normalized spacial score (nSPS) is 12.7. The molecule has 0 bridgehead atoms. The lowest BCUT2D eigenvalue weighted by Gasteiger charge is -2.16. The second-order valence-corrected chi connectivity index (χ2v) is 6.65. The third-order valence-corrected chi connectivity index (χ3v) is 4.56. The Kier molecular flexibility index (Phi) is 4.67. The lowest BCUT2D eigenvalue weighted by molar-refractivity contribution is -0.160. The molecule has 0 fully saturated rings. The minimum atomic E-state index is -5.30. The lowest BCUT2D eigenvalue weighted by Crippen LogP contribution is -2.24. The van der Waals surface area contributed by atoms with Crippen LogP contribution < -0.4 is 11.5 Å². The summed E-state index contributed by atoms with van der Waals surface area (Å²) in [5, 5.41) is 12.5. The molecule has 1 amide bonds. The van der Waals surface area contributed by atoms with E-state index in [0.717, 1.165) is 4.57 Å². The zero-order valence-corrected chi connectivity index (χ0v) is 15.5. The molecule has 2 heterocycles. The molecule has 0 saturated heterocycles. The highest BCUT2D eigenvalue weighted by Gasteiger charge is 2.44. The molecule has 0 radical (unpaired) electrons. The molecule has 3 aromatic rings. The van der Waals surface area contributed by atoms with Gasteiger partial charge in [-0.15, -0.1) is 0 Å². The molecule has 7 nitrogen and oxygen atoms in total. The van der Waals surface area contributed by atoms with Gasteiger partial charge >= 0.3 is 12.4 Å². The van der Waals surface area contributed by atoms with Gasteiger partial charge in [0.1, 0.15) is 18.1 Å². The molecular formula is C17H15F6N5O2. The topological polar surface area (TPSA) is 112 Å². The maximum atomic E-state index is 13.7. The van der Waals surface area contributed by atoms with Crippen LogP contribution in [0.1, 0.15) is 27.2 Å². The molecule has 0 aliphatic heterocycles. The average molecular weight is 435 g/mol. The maximum absolute atomic E-state index is 13.7. The van der Waals surface area contributed by atoms with E-state index in [1.165, 1.54) is 26.0 Å². The number of hydrogen-bond acceptors (Lipinski definition) is 4. The van der Waals surface area contributed by atoms with Gasteiger partial charge in [-0.3, -0.25) is 9.36 Å². The van der Waals surface area contributed by atoms with E-state index in [1.54, 1.807) is 0 Å². The van der Waals surface area contributed by atoms with E-state index in [4.69, 9.17) is 11.5 Å². The third-order valence-electron chi connectivity index (χ3n) is 4.56. The van der Waals surface area contributed by atoms with Crippen molar-refractivity contribution >= 4 is 22.8 Å². The fourth-order valence-corrected chi connectivity index (χ4v) is 3.41. The average Bonchev–Trinajstić information content (AvgIpc) is 3.03. The van der Waals surface area contributed by atoms with Crippen LogP contribution in [-0.4, -0.2) is 31.5 Å². The monoisotopic (exact) mass is 435 g/mol. The van der Waals surface area contributed by atoms with Gasteiger partial charge in [0, 0.05) is 5.56 Å². The molecule has 2 aromatic heterocycles. The highest BCUT2D eigenvalue weighted by atomic mass is 19.4. The lowest BCUT2D eigenvalue weighted by atomic mass is 10.1. The number of halogens is 6. The summed E-state index contributed by atoms with van der Waals surface area (Å²) in [4.78, 5) is 11.9. The van der Waals surface area contributed by atoms with E-state index in [-0.39, 0.29) is 21.7 Å². The van der Waals surface area contributed by atoms with Crippen molar-refractivity contribution in [1.82, 2.24) is 14.3 Å². The quantitative estimate of drug-likeness (QED) is 0.548. The van der Waals surface area contributed by atoms with E-state index >= 15 is 0 Å². The van der Waals surface area contributed by atoms with Gasteiger partial charge in [0.25, 0.3) is 5.91 Å². The van der Waals surface area contributed by atoms with Crippen LogP contribution in [-0.2, 0) is 12.7 Å². The number of aryl methyl sites for hydroxylation is 1. The van der Waals surface area contributed by atoms with Crippen molar-refractivity contribution in [1.29, 1.82) is 0 Å². The van der Waals surface area contributed by atoms with Gasteiger partial charge in [-0.1, -0.05) is 6.07 Å². The van der Waals surface area contributed by atoms with E-state index in [9.17, 15) is 36.2 Å². The summed E-state index contributed by atoms with van der Waals surface area (Å²) in [6, 6.07) is 2.74. The number of rotatable bonds is 3. The Labute approximate surface area is 164 Å². The molecule has 3 rings (SSSR count). The van der Waals surface area contributed by atoms with Crippen LogP contribution in [0.3, 0.4) is 0 Å². The van der Waals surface area contributed by atoms with Crippen LogP contribution >= 0.6 is 0 Å². The summed E-state index contributed by atoms with van der Waals surface area (Å²) in [5.41, 5.74) is 8.51. The molecule has 0 saturated carbocycles. The number of alkyl halides is 6. The van der Waals surface area contributed by atoms with Gasteiger partial charge in [0.15, 0.2) is 11.3 Å². The summed E-state index contributed by atoms with van der Waals surface area (Å²) in [6.07, 6.45) is -10.3. The second-order valence-electron chi connectivity index (χ2n) is 6.65. The van der Waals surface area contributed by atoms with Crippen molar-refractivity contribution in [3.63, 3.8) is 0 Å². The Hall–Kier alpha value is -3.38. The van der Waals surface area contributed by atoms with Crippen molar-refractivity contribution in [2.45, 2.75) is 32.7 Å². The molecular weight excluding hydrogens is 420 g/mol. The van der Waals surface area contributed by atoms with Gasteiger partial charge < -0.3 is 16.6 Å². The van der Waals surface area contributed by atoms with Crippen LogP contribution in [0.25, 0.3) is 16.7 Å². The first-order valence-corrected chi connectivity index (χ1v) is 8.29. The number of primary amides is 1. The van der Waals surface area contributed by atoms with Gasteiger partial charge in [0.2, 0.25) is 0 Å². The Bertz CT molecular complexity index is 1170. The number of phenols is 1. The number of carbonyl (C=O) groups is 1. The fourth-order valence-electron chi connectivity index (χ4n) is 3.41. The number of amides is 1. The number of nitrogens with two attached hydrogens (primary N) is 2. The summed E-state index contributed by atoms with van der Waals surface area (Å²) < 4.78 is 80.5. The Morgan fingerprint density at radius 3 is 2.27 bits per heavy atom. The van der Waals surface area contributed by atoms with Crippen molar-refractivity contribution in [2.24, 2.45) is 5.73 Å². The van der Waals surface area contributed by atoms with Crippen molar-refractivity contribution in [3.05, 3.63) is 34.5 Å². The first-order valence-electron chi connectivity index (χ1n) is 8.29. The number of aromatic nitrogens is 3. The minimum Gasteiger partial charge on any atom is -0.508 e. The molecule has 1 aromatic carbocycles. The van der Waals surface area contributed by atoms with E-state index in [1.807, 2.05) is 0 Å². The predicted octanol–water partition coefficient (Wildman–Crippen LogP) is 3.41.